The van der Waals surface area contributed by atoms with Crippen LogP contribution in [-0.2, 0) is 12.8 Å². The van der Waals surface area contributed by atoms with Crippen molar-refractivity contribution in [1.29, 1.82) is 0 Å². The Morgan fingerprint density at radius 1 is 0.700 bits per heavy atom. The highest BCUT2D eigenvalue weighted by Crippen LogP contribution is 2.28. The van der Waals surface area contributed by atoms with E-state index in [-0.39, 0.29) is 21.2 Å². The monoisotopic (exact) mass is 440 g/mol. The molecule has 0 heterocycles. The molecular formula is C24H22Cl2N2O2. The maximum Gasteiger partial charge on any atom is 0.256 e. The summed E-state index contributed by atoms with van der Waals surface area (Å²) < 4.78 is 0. The third kappa shape index (κ3) is 4.84. The summed E-state index contributed by atoms with van der Waals surface area (Å²) in [5, 5.41) is 6.18. The van der Waals surface area contributed by atoms with E-state index in [1.54, 1.807) is 0 Å². The molecule has 0 aromatic heterocycles. The second-order valence-corrected chi connectivity index (χ2v) is 7.56. The van der Waals surface area contributed by atoms with Crippen LogP contribution in [0.3, 0.4) is 0 Å². The molecule has 4 nitrogen and oxygen atoms in total. The highest BCUT2D eigenvalue weighted by Gasteiger charge is 2.21. The molecule has 0 spiro atoms. The molecule has 0 unspecified atom stereocenters. The number of hydrogen-bond donors (Lipinski definition) is 2. The van der Waals surface area contributed by atoms with Gasteiger partial charge in [-0.15, -0.1) is 0 Å². The molecule has 0 aliphatic heterocycles. The van der Waals surface area contributed by atoms with Crippen LogP contribution >= 0.6 is 23.2 Å². The van der Waals surface area contributed by atoms with Crippen LogP contribution in [-0.4, -0.2) is 11.8 Å². The molecule has 0 saturated carbocycles. The minimum Gasteiger partial charge on any atom is -0.322 e. The van der Waals surface area contributed by atoms with Gasteiger partial charge in [0.25, 0.3) is 11.8 Å². The van der Waals surface area contributed by atoms with Gasteiger partial charge >= 0.3 is 0 Å². The van der Waals surface area contributed by atoms with Crippen molar-refractivity contribution in [2.24, 2.45) is 0 Å². The fourth-order valence-corrected chi connectivity index (χ4v) is 3.53. The van der Waals surface area contributed by atoms with Crippen LogP contribution in [0, 0.1) is 0 Å². The van der Waals surface area contributed by atoms with Gasteiger partial charge in [-0.2, -0.15) is 0 Å². The Labute approximate surface area is 186 Å². The van der Waals surface area contributed by atoms with Crippen molar-refractivity contribution >= 4 is 46.4 Å². The number of para-hydroxylation sites is 2. The maximum absolute atomic E-state index is 13.1. The Morgan fingerprint density at radius 2 is 1.07 bits per heavy atom. The highest BCUT2D eigenvalue weighted by molar-refractivity contribution is 6.42. The highest BCUT2D eigenvalue weighted by atomic mass is 35.5. The normalized spacial score (nSPS) is 10.5. The zero-order valence-electron chi connectivity index (χ0n) is 16.8. The first-order chi connectivity index (χ1) is 14.4. The largest absolute Gasteiger partial charge is 0.322 e. The Hall–Kier alpha value is -2.82. The molecule has 0 bridgehead atoms. The van der Waals surface area contributed by atoms with Crippen LogP contribution in [0.15, 0.2) is 60.7 Å². The number of halogens is 2. The van der Waals surface area contributed by atoms with Gasteiger partial charge in [0.15, 0.2) is 0 Å². The second kappa shape index (κ2) is 9.79. The topological polar surface area (TPSA) is 58.2 Å². The predicted molar refractivity (Wildman–Crippen MR) is 124 cm³/mol. The van der Waals surface area contributed by atoms with Crippen LogP contribution in [0.1, 0.15) is 45.7 Å². The first-order valence-corrected chi connectivity index (χ1v) is 10.5. The van der Waals surface area contributed by atoms with Gasteiger partial charge in [0.2, 0.25) is 0 Å². The van der Waals surface area contributed by atoms with E-state index in [4.69, 9.17) is 23.2 Å². The molecule has 3 rings (SSSR count). The number of hydrogen-bond acceptors (Lipinski definition) is 2. The summed E-state index contributed by atoms with van der Waals surface area (Å²) in [7, 11) is 0. The van der Waals surface area contributed by atoms with Crippen LogP contribution in [0.25, 0.3) is 0 Å². The summed E-state index contributed by atoms with van der Waals surface area (Å²) >= 11 is 12.3. The Bertz CT molecular complexity index is 1010. The molecule has 0 radical (unpaired) electrons. The fourth-order valence-electron chi connectivity index (χ4n) is 3.20. The summed E-state index contributed by atoms with van der Waals surface area (Å²) in [6, 6.07) is 17.9. The number of rotatable bonds is 6. The van der Waals surface area contributed by atoms with Gasteiger partial charge in [-0.25, -0.2) is 0 Å². The van der Waals surface area contributed by atoms with Crippen molar-refractivity contribution in [1.82, 2.24) is 0 Å². The number of anilines is 2. The summed E-state index contributed by atoms with van der Waals surface area (Å²) in [4.78, 5) is 26.1. The summed E-state index contributed by atoms with van der Waals surface area (Å²) in [6.45, 7) is 4.02. The van der Waals surface area contributed by atoms with Crippen LogP contribution in [0.5, 0.6) is 0 Å². The van der Waals surface area contributed by atoms with Gasteiger partial charge in [-0.1, -0.05) is 73.4 Å². The number of aryl methyl sites for hydroxylation is 2. The molecule has 2 N–H and O–H groups in total. The zero-order valence-corrected chi connectivity index (χ0v) is 18.3. The zero-order chi connectivity index (χ0) is 21.7. The Kier molecular flexibility index (Phi) is 7.14. The van der Waals surface area contributed by atoms with E-state index in [1.807, 2.05) is 62.4 Å². The maximum atomic E-state index is 13.1. The standard InChI is InChI=1S/C24H22Cl2N2O2/c1-3-15-9-5-7-11-21(15)27-23(29)17-13-19(25)20(26)14-18(17)24(30)28-22-12-8-6-10-16(22)4-2/h5-14H,3-4H2,1-2H3,(H,27,29)(H,28,30). The van der Waals surface area contributed by atoms with Crippen molar-refractivity contribution in [3.05, 3.63) is 93.0 Å². The van der Waals surface area contributed by atoms with E-state index in [0.717, 1.165) is 24.0 Å². The van der Waals surface area contributed by atoms with Crippen molar-refractivity contribution < 1.29 is 9.59 Å². The lowest BCUT2D eigenvalue weighted by Gasteiger charge is -2.15. The molecule has 0 aliphatic rings. The third-order valence-electron chi connectivity index (χ3n) is 4.84. The molecule has 2 amide bonds. The first kappa shape index (κ1) is 21.9. The third-order valence-corrected chi connectivity index (χ3v) is 5.56. The number of carbonyl (C=O) groups is 2. The van der Waals surface area contributed by atoms with Gasteiger partial charge in [0.1, 0.15) is 0 Å². The summed E-state index contributed by atoms with van der Waals surface area (Å²) in [6.07, 6.45) is 1.53. The van der Waals surface area contributed by atoms with Gasteiger partial charge in [-0.3, -0.25) is 9.59 Å². The van der Waals surface area contributed by atoms with Crippen molar-refractivity contribution in [3.63, 3.8) is 0 Å². The quantitative estimate of drug-likeness (QED) is 0.452. The van der Waals surface area contributed by atoms with Crippen molar-refractivity contribution in [2.75, 3.05) is 10.6 Å². The molecule has 6 heteroatoms. The van der Waals surface area contributed by atoms with E-state index in [9.17, 15) is 9.59 Å². The van der Waals surface area contributed by atoms with E-state index in [2.05, 4.69) is 10.6 Å². The first-order valence-electron chi connectivity index (χ1n) is 9.72. The Balaban J connectivity index is 1.96. The van der Waals surface area contributed by atoms with Gasteiger partial charge < -0.3 is 10.6 Å². The lowest BCUT2D eigenvalue weighted by Crippen LogP contribution is -2.21. The molecule has 0 aliphatic carbocycles. The van der Waals surface area contributed by atoms with Gasteiger partial charge in [0, 0.05) is 11.4 Å². The van der Waals surface area contributed by atoms with E-state index < -0.39 is 11.8 Å². The minimum atomic E-state index is -0.427. The van der Waals surface area contributed by atoms with Gasteiger partial charge in [-0.05, 0) is 48.2 Å². The van der Waals surface area contributed by atoms with Crippen LogP contribution < -0.4 is 10.6 Å². The second-order valence-electron chi connectivity index (χ2n) is 6.74. The number of nitrogens with one attached hydrogen (secondary N) is 2. The van der Waals surface area contributed by atoms with Crippen LogP contribution in [0.4, 0.5) is 11.4 Å². The SMILES string of the molecule is CCc1ccccc1NC(=O)c1cc(Cl)c(Cl)cc1C(=O)Nc1ccccc1CC. The minimum absolute atomic E-state index is 0.154. The number of carbonyl (C=O) groups excluding carboxylic acids is 2. The summed E-state index contributed by atoms with van der Waals surface area (Å²) in [5.74, 6) is -0.855. The smallest absolute Gasteiger partial charge is 0.256 e. The molecule has 0 atom stereocenters. The molecule has 0 saturated heterocycles. The van der Waals surface area contributed by atoms with E-state index in [1.165, 1.54) is 12.1 Å². The van der Waals surface area contributed by atoms with E-state index >= 15 is 0 Å². The molecule has 30 heavy (non-hydrogen) atoms. The van der Waals surface area contributed by atoms with E-state index in [0.29, 0.717) is 11.4 Å². The molecule has 154 valence electrons. The summed E-state index contributed by atoms with van der Waals surface area (Å²) in [5.41, 5.74) is 3.68. The Morgan fingerprint density at radius 3 is 1.43 bits per heavy atom. The van der Waals surface area contributed by atoms with Crippen LogP contribution in [0.2, 0.25) is 10.0 Å². The van der Waals surface area contributed by atoms with Gasteiger partial charge in [0.05, 0.1) is 21.2 Å². The molecule has 3 aromatic carbocycles. The fraction of sp³-hybridized carbons (Fsp3) is 0.167. The van der Waals surface area contributed by atoms with Crippen molar-refractivity contribution in [3.8, 4) is 0 Å². The lowest BCUT2D eigenvalue weighted by atomic mass is 10.0. The molecular weight excluding hydrogens is 419 g/mol. The number of amides is 2. The van der Waals surface area contributed by atoms with Crippen molar-refractivity contribution in [2.45, 2.75) is 26.7 Å². The predicted octanol–water partition coefficient (Wildman–Crippen LogP) is 6.62. The molecule has 0 fully saturated rings. The number of benzene rings is 3. The lowest BCUT2D eigenvalue weighted by molar-refractivity contribution is 0.0990. The average Bonchev–Trinajstić information content (AvgIpc) is 2.76. The average molecular weight is 441 g/mol. The molecule has 3 aromatic rings.